The number of carbonyl (C=O) groups is 2. The number of nitrogens with one attached hydrogen (secondary N) is 2. The molecule has 1 heterocycles. The van der Waals surface area contributed by atoms with Gasteiger partial charge in [-0.3, -0.25) is 4.79 Å². The van der Waals surface area contributed by atoms with Crippen LogP contribution in [0.3, 0.4) is 0 Å². The highest BCUT2D eigenvalue weighted by Crippen LogP contribution is 2.26. The van der Waals surface area contributed by atoms with Gasteiger partial charge in [-0.1, -0.05) is 61.8 Å². The first-order valence-corrected chi connectivity index (χ1v) is 8.92. The van der Waals surface area contributed by atoms with Crippen LogP contribution in [-0.2, 0) is 9.53 Å². The van der Waals surface area contributed by atoms with E-state index in [2.05, 4.69) is 36.6 Å². The van der Waals surface area contributed by atoms with Gasteiger partial charge in [0.25, 0.3) is 5.91 Å². The van der Waals surface area contributed by atoms with Crippen LogP contribution in [0, 0.1) is 0 Å². The monoisotopic (exact) mass is 372 g/mol. The number of amides is 2. The lowest BCUT2D eigenvalue weighted by atomic mass is 9.94. The lowest BCUT2D eigenvalue weighted by Gasteiger charge is -2.22. The van der Waals surface area contributed by atoms with Crippen molar-refractivity contribution in [2.45, 2.75) is 31.9 Å². The first-order valence-electron chi connectivity index (χ1n) is 8.54. The number of rotatable bonds is 5. The van der Waals surface area contributed by atoms with Gasteiger partial charge in [0.1, 0.15) is 0 Å². The number of alkyl carbamates (subject to hydrolysis) is 1. The van der Waals surface area contributed by atoms with Crippen LogP contribution >= 0.6 is 11.6 Å². The molecule has 1 unspecified atom stereocenters. The maximum atomic E-state index is 12.6. The summed E-state index contributed by atoms with van der Waals surface area (Å²) in [5.74, 6) is 0.0368. The maximum Gasteiger partial charge on any atom is 0.408 e. The van der Waals surface area contributed by atoms with E-state index < -0.39 is 12.2 Å². The zero-order valence-electron chi connectivity index (χ0n) is 14.7. The zero-order chi connectivity index (χ0) is 18.7. The summed E-state index contributed by atoms with van der Waals surface area (Å²) in [7, 11) is 0. The fourth-order valence-electron chi connectivity index (χ4n) is 2.88. The number of benzene rings is 2. The van der Waals surface area contributed by atoms with Gasteiger partial charge >= 0.3 is 6.09 Å². The standard InChI is InChI=1S/C20H21ClN2O3/c1-12(2)14-4-3-5-15(10-14)18(13-6-8-16(21)9-7-13)23-19(24)17-11-22-20(25)26-17/h3-10,12,17-18H,11H2,1-2H3,(H,22,25)(H,23,24)/t17-,18?/m0/s1. The van der Waals surface area contributed by atoms with Gasteiger partial charge in [-0.05, 0) is 34.7 Å². The van der Waals surface area contributed by atoms with Crippen molar-refractivity contribution in [3.8, 4) is 0 Å². The van der Waals surface area contributed by atoms with E-state index in [0.717, 1.165) is 11.1 Å². The SMILES string of the molecule is CC(C)c1cccc(C(NC(=O)[C@@H]2CNC(=O)O2)c2ccc(Cl)cc2)c1. The van der Waals surface area contributed by atoms with Crippen LogP contribution in [0.15, 0.2) is 48.5 Å². The Morgan fingerprint density at radius 2 is 1.85 bits per heavy atom. The van der Waals surface area contributed by atoms with Crippen LogP contribution in [0.4, 0.5) is 4.79 Å². The molecule has 2 aromatic rings. The summed E-state index contributed by atoms with van der Waals surface area (Å²) >= 11 is 6.00. The first-order chi connectivity index (χ1) is 12.4. The molecule has 2 N–H and O–H groups in total. The smallest absolute Gasteiger partial charge is 0.408 e. The van der Waals surface area contributed by atoms with Crippen molar-refractivity contribution in [1.29, 1.82) is 0 Å². The van der Waals surface area contributed by atoms with E-state index in [0.29, 0.717) is 10.9 Å². The molecule has 1 aliphatic heterocycles. The van der Waals surface area contributed by atoms with Crippen molar-refractivity contribution < 1.29 is 14.3 Å². The molecule has 6 heteroatoms. The van der Waals surface area contributed by atoms with Crippen LogP contribution in [0.1, 0.15) is 42.5 Å². The molecular weight excluding hydrogens is 352 g/mol. The number of carbonyl (C=O) groups excluding carboxylic acids is 2. The third-order valence-corrected chi connectivity index (χ3v) is 4.63. The van der Waals surface area contributed by atoms with E-state index in [9.17, 15) is 9.59 Å². The molecule has 0 spiro atoms. The third-order valence-electron chi connectivity index (χ3n) is 4.37. The number of hydrogen-bond acceptors (Lipinski definition) is 3. The van der Waals surface area contributed by atoms with Gasteiger partial charge in [0.15, 0.2) is 6.10 Å². The van der Waals surface area contributed by atoms with Gasteiger partial charge < -0.3 is 15.4 Å². The number of ether oxygens (including phenoxy) is 1. The average molecular weight is 373 g/mol. The summed E-state index contributed by atoms with van der Waals surface area (Å²) in [5.41, 5.74) is 3.05. The van der Waals surface area contributed by atoms with Crippen molar-refractivity contribution in [1.82, 2.24) is 10.6 Å². The second kappa shape index (κ2) is 7.79. The molecule has 1 saturated heterocycles. The number of cyclic esters (lactones) is 1. The second-order valence-electron chi connectivity index (χ2n) is 6.59. The summed E-state index contributed by atoms with van der Waals surface area (Å²) in [6.07, 6.45) is -1.40. The van der Waals surface area contributed by atoms with Crippen molar-refractivity contribution >= 4 is 23.6 Å². The molecule has 1 fully saturated rings. The quantitative estimate of drug-likeness (QED) is 0.839. The van der Waals surface area contributed by atoms with Crippen LogP contribution in [0.5, 0.6) is 0 Å². The van der Waals surface area contributed by atoms with Gasteiger partial charge in [0, 0.05) is 5.02 Å². The highest BCUT2D eigenvalue weighted by molar-refractivity contribution is 6.30. The Morgan fingerprint density at radius 1 is 1.15 bits per heavy atom. The van der Waals surface area contributed by atoms with Gasteiger partial charge in [-0.15, -0.1) is 0 Å². The summed E-state index contributed by atoms with van der Waals surface area (Å²) in [4.78, 5) is 23.8. The van der Waals surface area contributed by atoms with Crippen molar-refractivity contribution in [2.75, 3.05) is 6.54 Å². The Balaban J connectivity index is 1.91. The Morgan fingerprint density at radius 3 is 2.46 bits per heavy atom. The molecule has 2 amide bonds. The predicted molar refractivity (Wildman–Crippen MR) is 100 cm³/mol. The Kier molecular flexibility index (Phi) is 5.47. The molecule has 1 aliphatic rings. The van der Waals surface area contributed by atoms with Gasteiger partial charge in [-0.2, -0.15) is 0 Å². The van der Waals surface area contributed by atoms with E-state index in [1.807, 2.05) is 24.3 Å². The largest absolute Gasteiger partial charge is 0.434 e. The van der Waals surface area contributed by atoms with E-state index in [1.54, 1.807) is 12.1 Å². The van der Waals surface area contributed by atoms with Gasteiger partial charge in [0.05, 0.1) is 12.6 Å². The molecule has 2 atom stereocenters. The minimum absolute atomic E-state index is 0.171. The third kappa shape index (κ3) is 4.17. The zero-order valence-corrected chi connectivity index (χ0v) is 15.4. The maximum absolute atomic E-state index is 12.6. The predicted octanol–water partition coefficient (Wildman–Crippen LogP) is 3.78. The minimum atomic E-state index is -0.828. The summed E-state index contributed by atoms with van der Waals surface area (Å²) in [6.45, 7) is 4.42. The van der Waals surface area contributed by atoms with E-state index >= 15 is 0 Å². The highest BCUT2D eigenvalue weighted by Gasteiger charge is 2.31. The molecule has 3 rings (SSSR count). The Labute approximate surface area is 157 Å². The molecule has 0 saturated carbocycles. The van der Waals surface area contributed by atoms with Crippen LogP contribution < -0.4 is 10.6 Å². The van der Waals surface area contributed by atoms with Crippen LogP contribution in [0.25, 0.3) is 0 Å². The fraction of sp³-hybridized carbons (Fsp3) is 0.300. The Bertz CT molecular complexity index is 805. The molecule has 136 valence electrons. The number of hydrogen-bond donors (Lipinski definition) is 2. The first kappa shape index (κ1) is 18.3. The summed E-state index contributed by atoms with van der Waals surface area (Å²) < 4.78 is 4.99. The molecule has 0 aromatic heterocycles. The van der Waals surface area contributed by atoms with E-state index in [4.69, 9.17) is 16.3 Å². The fourth-order valence-corrected chi connectivity index (χ4v) is 3.01. The van der Waals surface area contributed by atoms with E-state index in [1.165, 1.54) is 5.56 Å². The topological polar surface area (TPSA) is 67.4 Å². The summed E-state index contributed by atoms with van der Waals surface area (Å²) in [5, 5.41) is 6.12. The summed E-state index contributed by atoms with van der Waals surface area (Å²) in [6, 6.07) is 15.1. The molecule has 0 bridgehead atoms. The molecule has 2 aromatic carbocycles. The van der Waals surface area contributed by atoms with Crippen LogP contribution in [0.2, 0.25) is 5.02 Å². The normalized spacial score (nSPS) is 17.5. The molecule has 5 nitrogen and oxygen atoms in total. The van der Waals surface area contributed by atoms with Crippen LogP contribution in [-0.4, -0.2) is 24.6 Å². The van der Waals surface area contributed by atoms with Crippen molar-refractivity contribution in [2.24, 2.45) is 0 Å². The number of halogens is 1. The highest BCUT2D eigenvalue weighted by atomic mass is 35.5. The minimum Gasteiger partial charge on any atom is -0.434 e. The lowest BCUT2D eigenvalue weighted by molar-refractivity contribution is -0.128. The second-order valence-corrected chi connectivity index (χ2v) is 7.03. The van der Waals surface area contributed by atoms with Gasteiger partial charge in [-0.25, -0.2) is 4.79 Å². The van der Waals surface area contributed by atoms with Crippen molar-refractivity contribution in [3.05, 3.63) is 70.2 Å². The lowest BCUT2D eigenvalue weighted by Crippen LogP contribution is -2.39. The van der Waals surface area contributed by atoms with Crippen molar-refractivity contribution in [3.63, 3.8) is 0 Å². The van der Waals surface area contributed by atoms with Gasteiger partial charge in [0.2, 0.25) is 0 Å². The molecular formula is C20H21ClN2O3. The molecule has 26 heavy (non-hydrogen) atoms. The molecule has 0 aliphatic carbocycles. The average Bonchev–Trinajstić information content (AvgIpc) is 3.07. The van der Waals surface area contributed by atoms with E-state index in [-0.39, 0.29) is 18.5 Å². The Hall–Kier alpha value is -2.53. The molecule has 0 radical (unpaired) electrons.